The molecular weight excluding hydrogens is 366 g/mol. The van der Waals surface area contributed by atoms with Crippen LogP contribution in [0.15, 0.2) is 48.5 Å². The molecular formula is C20H20ClN3OS. The molecule has 6 heteroatoms. The number of nitrogens with one attached hydrogen (secondary N) is 1. The van der Waals surface area contributed by atoms with E-state index in [0.29, 0.717) is 10.7 Å². The Labute approximate surface area is 163 Å². The van der Waals surface area contributed by atoms with Crippen LogP contribution in [-0.4, -0.2) is 35.5 Å². The van der Waals surface area contributed by atoms with Crippen molar-refractivity contribution in [2.24, 2.45) is 0 Å². The monoisotopic (exact) mass is 385 g/mol. The van der Waals surface area contributed by atoms with E-state index in [9.17, 15) is 10.1 Å². The molecule has 4 nitrogen and oxygen atoms in total. The summed E-state index contributed by atoms with van der Waals surface area (Å²) in [6.07, 6.45) is 1.01. The van der Waals surface area contributed by atoms with Crippen LogP contribution < -0.4 is 5.32 Å². The van der Waals surface area contributed by atoms with Crippen LogP contribution in [-0.2, 0) is 0 Å². The first-order valence-corrected chi connectivity index (χ1v) is 10.1. The molecule has 2 aromatic carbocycles. The Hall–Kier alpha value is -2.16. The van der Waals surface area contributed by atoms with Gasteiger partial charge < -0.3 is 10.2 Å². The molecule has 1 aliphatic heterocycles. The summed E-state index contributed by atoms with van der Waals surface area (Å²) < 4.78 is 0. The summed E-state index contributed by atoms with van der Waals surface area (Å²) in [7, 11) is 0. The lowest BCUT2D eigenvalue weighted by Gasteiger charge is -2.21. The molecule has 1 atom stereocenters. The number of anilines is 1. The van der Waals surface area contributed by atoms with Gasteiger partial charge in [0.2, 0.25) is 0 Å². The minimum Gasteiger partial charge on any atom is -0.324 e. The van der Waals surface area contributed by atoms with Gasteiger partial charge >= 0.3 is 6.03 Å². The average Bonchev–Trinajstić information content (AvgIpc) is 2.94. The van der Waals surface area contributed by atoms with Crippen molar-refractivity contribution in [2.75, 3.05) is 29.9 Å². The van der Waals surface area contributed by atoms with Crippen molar-refractivity contribution in [1.29, 1.82) is 5.26 Å². The Morgan fingerprint density at radius 2 is 2.00 bits per heavy atom. The molecule has 1 fully saturated rings. The van der Waals surface area contributed by atoms with Gasteiger partial charge in [0.05, 0.1) is 12.0 Å². The fourth-order valence-corrected chi connectivity index (χ4v) is 4.14. The maximum atomic E-state index is 12.4. The molecule has 1 saturated heterocycles. The summed E-state index contributed by atoms with van der Waals surface area (Å²) in [4.78, 5) is 14.3. The zero-order valence-electron chi connectivity index (χ0n) is 14.3. The van der Waals surface area contributed by atoms with E-state index in [-0.39, 0.29) is 6.03 Å². The molecule has 3 rings (SSSR count). The van der Waals surface area contributed by atoms with Crippen LogP contribution in [0.25, 0.3) is 0 Å². The van der Waals surface area contributed by atoms with Crippen LogP contribution in [0.2, 0.25) is 5.02 Å². The topological polar surface area (TPSA) is 56.1 Å². The van der Waals surface area contributed by atoms with Gasteiger partial charge in [-0.15, -0.1) is 0 Å². The Morgan fingerprint density at radius 3 is 2.73 bits per heavy atom. The first-order valence-electron chi connectivity index (χ1n) is 8.56. The maximum Gasteiger partial charge on any atom is 0.321 e. The van der Waals surface area contributed by atoms with E-state index in [1.807, 2.05) is 53.1 Å². The lowest BCUT2D eigenvalue weighted by molar-refractivity contribution is 0.216. The van der Waals surface area contributed by atoms with Crippen LogP contribution in [0.1, 0.15) is 23.5 Å². The van der Waals surface area contributed by atoms with Gasteiger partial charge in [0.15, 0.2) is 0 Å². The van der Waals surface area contributed by atoms with Crippen molar-refractivity contribution in [3.63, 3.8) is 0 Å². The number of halogens is 1. The van der Waals surface area contributed by atoms with Crippen LogP contribution in [0.3, 0.4) is 0 Å². The van der Waals surface area contributed by atoms with Gasteiger partial charge in [-0.25, -0.2) is 4.79 Å². The zero-order valence-corrected chi connectivity index (χ0v) is 15.9. The van der Waals surface area contributed by atoms with E-state index >= 15 is 0 Å². The Bertz CT molecular complexity index is 798. The summed E-state index contributed by atoms with van der Waals surface area (Å²) in [6.45, 7) is 1.53. The Morgan fingerprint density at radius 1 is 1.19 bits per heavy atom. The van der Waals surface area contributed by atoms with Gasteiger partial charge in [-0.1, -0.05) is 48.0 Å². The smallest absolute Gasteiger partial charge is 0.321 e. The number of carbonyl (C=O) groups excluding carboxylic acids is 1. The van der Waals surface area contributed by atoms with E-state index in [0.717, 1.165) is 42.1 Å². The standard InChI is InChI=1S/C20H20ClN3OS/c21-19-13-16(23-20(25)24-9-4-11-26-12-10-24)7-8-17(19)18(14-22)15-5-2-1-3-6-15/h1-3,5-8,13,18H,4,9-12H2,(H,23,25)/t18-/m1/s1. The molecule has 1 heterocycles. The third-order valence-electron chi connectivity index (χ3n) is 4.33. The first-order chi connectivity index (χ1) is 12.7. The number of amides is 2. The highest BCUT2D eigenvalue weighted by Gasteiger charge is 2.19. The van der Waals surface area contributed by atoms with Gasteiger partial charge in [-0.3, -0.25) is 0 Å². The summed E-state index contributed by atoms with van der Waals surface area (Å²) in [5.74, 6) is 1.63. The van der Waals surface area contributed by atoms with E-state index < -0.39 is 5.92 Å². The number of thioether (sulfide) groups is 1. The average molecular weight is 386 g/mol. The normalized spacial score (nSPS) is 15.6. The highest BCUT2D eigenvalue weighted by Crippen LogP contribution is 2.31. The largest absolute Gasteiger partial charge is 0.324 e. The predicted molar refractivity (Wildman–Crippen MR) is 108 cm³/mol. The van der Waals surface area contributed by atoms with Crippen LogP contribution in [0.5, 0.6) is 0 Å². The number of nitriles is 1. The maximum absolute atomic E-state index is 12.4. The van der Waals surface area contributed by atoms with Gasteiger partial charge in [0, 0.05) is 29.6 Å². The molecule has 134 valence electrons. The molecule has 0 saturated carbocycles. The van der Waals surface area contributed by atoms with Crippen molar-refractivity contribution in [1.82, 2.24) is 4.90 Å². The number of nitrogens with zero attached hydrogens (tertiary/aromatic N) is 2. The lowest BCUT2D eigenvalue weighted by atomic mass is 9.92. The van der Waals surface area contributed by atoms with Gasteiger partial charge in [-0.2, -0.15) is 17.0 Å². The molecule has 2 amide bonds. The molecule has 0 unspecified atom stereocenters. The summed E-state index contributed by atoms with van der Waals surface area (Å²) in [5, 5.41) is 13.0. The number of hydrogen-bond donors (Lipinski definition) is 1. The summed E-state index contributed by atoms with van der Waals surface area (Å²) in [6, 6.07) is 17.1. The Kier molecular flexibility index (Phi) is 6.43. The minimum absolute atomic E-state index is 0.101. The minimum atomic E-state index is -0.434. The molecule has 0 radical (unpaired) electrons. The van der Waals surface area contributed by atoms with Crippen LogP contribution in [0.4, 0.5) is 10.5 Å². The molecule has 0 bridgehead atoms. The van der Waals surface area contributed by atoms with E-state index in [1.165, 1.54) is 0 Å². The van der Waals surface area contributed by atoms with Gasteiger partial charge in [-0.05, 0) is 35.4 Å². The van der Waals surface area contributed by atoms with Crippen molar-refractivity contribution < 1.29 is 4.79 Å². The Balaban J connectivity index is 1.75. The number of rotatable bonds is 3. The first kappa shape index (κ1) is 18.6. The molecule has 1 N–H and O–H groups in total. The third-order valence-corrected chi connectivity index (χ3v) is 5.71. The highest BCUT2D eigenvalue weighted by molar-refractivity contribution is 7.99. The second-order valence-electron chi connectivity index (χ2n) is 6.09. The van der Waals surface area contributed by atoms with Gasteiger partial charge in [0.25, 0.3) is 0 Å². The van der Waals surface area contributed by atoms with E-state index in [1.54, 1.807) is 12.1 Å². The van der Waals surface area contributed by atoms with E-state index in [2.05, 4.69) is 11.4 Å². The van der Waals surface area contributed by atoms with Crippen molar-refractivity contribution in [2.45, 2.75) is 12.3 Å². The molecule has 0 spiro atoms. The SMILES string of the molecule is N#C[C@H](c1ccccc1)c1ccc(NC(=O)N2CCCSCC2)cc1Cl. The highest BCUT2D eigenvalue weighted by atomic mass is 35.5. The molecule has 26 heavy (non-hydrogen) atoms. The van der Waals surface area contributed by atoms with Crippen molar-refractivity contribution in [3.05, 3.63) is 64.7 Å². The molecule has 1 aliphatic rings. The third kappa shape index (κ3) is 4.51. The fraction of sp³-hybridized carbons (Fsp3) is 0.300. The van der Waals surface area contributed by atoms with Crippen molar-refractivity contribution >= 4 is 35.1 Å². The lowest BCUT2D eigenvalue weighted by Crippen LogP contribution is -2.36. The predicted octanol–water partition coefficient (Wildman–Crippen LogP) is 4.97. The van der Waals surface area contributed by atoms with Crippen LogP contribution in [0, 0.1) is 11.3 Å². The summed E-state index contributed by atoms with van der Waals surface area (Å²) >= 11 is 8.31. The fourth-order valence-electron chi connectivity index (χ4n) is 2.96. The number of carbonyl (C=O) groups is 1. The molecule has 0 aromatic heterocycles. The number of hydrogen-bond acceptors (Lipinski definition) is 3. The van der Waals surface area contributed by atoms with Crippen LogP contribution >= 0.6 is 23.4 Å². The van der Waals surface area contributed by atoms with Gasteiger partial charge in [0.1, 0.15) is 0 Å². The quantitative estimate of drug-likeness (QED) is 0.811. The van der Waals surface area contributed by atoms with Crippen molar-refractivity contribution in [3.8, 4) is 6.07 Å². The second kappa shape index (κ2) is 8.98. The number of urea groups is 1. The zero-order chi connectivity index (χ0) is 18.4. The van der Waals surface area contributed by atoms with E-state index in [4.69, 9.17) is 11.6 Å². The molecule has 2 aromatic rings. The number of benzene rings is 2. The second-order valence-corrected chi connectivity index (χ2v) is 7.72. The molecule has 0 aliphatic carbocycles. The summed E-state index contributed by atoms with van der Waals surface area (Å²) in [5.41, 5.74) is 2.28.